The fourth-order valence-corrected chi connectivity index (χ4v) is 5.32. The number of phenolic OH excluding ortho intramolecular Hbond substituents is 1. The van der Waals surface area contributed by atoms with E-state index < -0.39 is 30.5 Å². The number of ether oxygens (including phenoxy) is 3. The maximum Gasteiger partial charge on any atom is 0.405 e. The molecule has 2 rings (SSSR count). The number of carbonyl (C=O) groups excluding carboxylic acids is 2. The molecule has 9 heteroatoms. The number of primary amides is 1. The zero-order valence-corrected chi connectivity index (χ0v) is 24.3. The summed E-state index contributed by atoms with van der Waals surface area (Å²) >= 11 is 0. The number of hydrogen-bond acceptors (Lipinski definition) is 7. The first kappa shape index (κ1) is 32.3. The fourth-order valence-electron chi connectivity index (χ4n) is 5.32. The van der Waals surface area contributed by atoms with E-state index in [9.17, 15) is 19.8 Å². The average Bonchev–Trinajstić information content (AvgIpc) is 2.87. The predicted octanol–water partition coefficient (Wildman–Crippen LogP) is 4.64. The Morgan fingerprint density at radius 1 is 1.15 bits per heavy atom. The molecule has 1 aromatic carbocycles. The van der Waals surface area contributed by atoms with Crippen LogP contribution in [0.5, 0.6) is 5.75 Å². The number of aliphatic hydroxyl groups excluding tert-OH is 1. The van der Waals surface area contributed by atoms with Crippen LogP contribution in [-0.2, 0) is 31.8 Å². The van der Waals surface area contributed by atoms with E-state index in [2.05, 4.69) is 12.2 Å². The number of allylic oxidation sites excluding steroid dienone is 1. The second kappa shape index (κ2) is 15.1. The Balaban J connectivity index is 2.53. The lowest BCUT2D eigenvalue weighted by atomic mass is 9.87. The molecule has 0 aliphatic carbocycles. The molecule has 2 bridgehead atoms. The number of hydrogen-bond donors (Lipinski definition) is 4. The van der Waals surface area contributed by atoms with Crippen molar-refractivity contribution in [1.29, 1.82) is 0 Å². The minimum atomic E-state index is -0.924. The van der Waals surface area contributed by atoms with Gasteiger partial charge in [-0.25, -0.2) is 4.79 Å². The number of fused-ring (bicyclic) bond motifs is 2. The topological polar surface area (TPSA) is 140 Å². The Labute approximate surface area is 232 Å². The molecule has 0 saturated carbocycles. The lowest BCUT2D eigenvalue weighted by Crippen LogP contribution is -2.37. The van der Waals surface area contributed by atoms with Crippen LogP contribution in [0.1, 0.15) is 65.0 Å². The molecule has 0 radical (unpaired) electrons. The number of amides is 2. The predicted molar refractivity (Wildman–Crippen MR) is 152 cm³/mol. The Morgan fingerprint density at radius 3 is 2.41 bits per heavy atom. The minimum absolute atomic E-state index is 0.102. The first-order chi connectivity index (χ1) is 18.4. The van der Waals surface area contributed by atoms with E-state index in [1.54, 1.807) is 26.2 Å². The van der Waals surface area contributed by atoms with Crippen molar-refractivity contribution in [2.45, 2.75) is 91.1 Å². The molecule has 6 atom stereocenters. The monoisotopic (exact) mass is 546 g/mol. The highest BCUT2D eigenvalue weighted by molar-refractivity contribution is 6.03. The summed E-state index contributed by atoms with van der Waals surface area (Å²) in [5, 5.41) is 24.8. The Kier molecular flexibility index (Phi) is 12.5. The molecule has 9 nitrogen and oxygen atoms in total. The van der Waals surface area contributed by atoms with Crippen LogP contribution < -0.4 is 11.1 Å². The van der Waals surface area contributed by atoms with Crippen molar-refractivity contribution in [2.24, 2.45) is 17.6 Å². The van der Waals surface area contributed by atoms with Gasteiger partial charge in [0.1, 0.15) is 5.75 Å². The van der Waals surface area contributed by atoms with E-state index in [1.807, 2.05) is 32.9 Å². The van der Waals surface area contributed by atoms with Crippen LogP contribution in [0.25, 0.3) is 0 Å². The van der Waals surface area contributed by atoms with Crippen LogP contribution in [0.2, 0.25) is 0 Å². The fraction of sp³-hybridized carbons (Fsp3) is 0.600. The zero-order chi connectivity index (χ0) is 29.3. The maximum absolute atomic E-state index is 12.9. The molecule has 0 spiro atoms. The molecule has 2 amide bonds. The molecule has 1 heterocycles. The number of anilines is 1. The highest BCUT2D eigenvalue weighted by Gasteiger charge is 2.30. The minimum Gasteiger partial charge on any atom is -0.508 e. The quantitative estimate of drug-likeness (QED) is 0.403. The highest BCUT2D eigenvalue weighted by atomic mass is 16.6. The highest BCUT2D eigenvalue weighted by Crippen LogP contribution is 2.31. The third kappa shape index (κ3) is 9.08. The zero-order valence-electron chi connectivity index (χ0n) is 24.3. The van der Waals surface area contributed by atoms with Gasteiger partial charge >= 0.3 is 6.09 Å². The van der Waals surface area contributed by atoms with Gasteiger partial charge < -0.3 is 35.5 Å². The van der Waals surface area contributed by atoms with E-state index in [-0.39, 0.29) is 23.5 Å². The SMILES string of the molecule is CCc1c(O)cc2cc1C[C@@H](C)C[C@H](OC)[C@H](O)[C@@H](C)/C=C(\C)[C@H](OC(N)=O)[C@@H](OC)CC/C=C(\C)C(=O)N2. The molecule has 1 aliphatic rings. The summed E-state index contributed by atoms with van der Waals surface area (Å²) in [4.78, 5) is 24.6. The van der Waals surface area contributed by atoms with Crippen molar-refractivity contribution in [2.75, 3.05) is 19.5 Å². The van der Waals surface area contributed by atoms with Crippen molar-refractivity contribution in [1.82, 2.24) is 0 Å². The first-order valence-corrected chi connectivity index (χ1v) is 13.6. The van der Waals surface area contributed by atoms with Gasteiger partial charge in [-0.3, -0.25) is 4.79 Å². The Bertz CT molecular complexity index is 1050. The van der Waals surface area contributed by atoms with Gasteiger partial charge in [0.15, 0.2) is 6.10 Å². The summed E-state index contributed by atoms with van der Waals surface area (Å²) in [6.45, 7) is 9.48. The number of aliphatic hydroxyl groups is 1. The van der Waals surface area contributed by atoms with Crippen molar-refractivity contribution < 1.29 is 34.0 Å². The van der Waals surface area contributed by atoms with E-state index in [4.69, 9.17) is 19.9 Å². The molecule has 5 N–H and O–H groups in total. The molecule has 39 heavy (non-hydrogen) atoms. The summed E-state index contributed by atoms with van der Waals surface area (Å²) in [5.74, 6) is -0.346. The van der Waals surface area contributed by atoms with Crippen LogP contribution >= 0.6 is 0 Å². The molecular formula is C30H46N2O7. The van der Waals surface area contributed by atoms with Crippen LogP contribution in [-0.4, -0.2) is 60.8 Å². The van der Waals surface area contributed by atoms with Crippen molar-refractivity contribution in [3.05, 3.63) is 46.6 Å². The van der Waals surface area contributed by atoms with Gasteiger partial charge in [0, 0.05) is 37.5 Å². The third-order valence-electron chi connectivity index (χ3n) is 7.47. The van der Waals surface area contributed by atoms with E-state index in [0.717, 1.165) is 11.1 Å². The number of carbonyl (C=O) groups is 2. The van der Waals surface area contributed by atoms with Gasteiger partial charge in [0.05, 0.1) is 18.3 Å². The van der Waals surface area contributed by atoms with Gasteiger partial charge in [-0.2, -0.15) is 0 Å². The number of nitrogens with two attached hydrogens (primary N) is 1. The van der Waals surface area contributed by atoms with E-state index in [0.29, 0.717) is 48.9 Å². The normalized spacial score (nSPS) is 30.4. The average molecular weight is 547 g/mol. The number of nitrogens with one attached hydrogen (secondary N) is 1. The summed E-state index contributed by atoms with van der Waals surface area (Å²) in [6.07, 6.45) is 2.97. The number of phenols is 1. The lowest BCUT2D eigenvalue weighted by Gasteiger charge is -2.30. The summed E-state index contributed by atoms with van der Waals surface area (Å²) < 4.78 is 16.8. The summed E-state index contributed by atoms with van der Waals surface area (Å²) in [7, 11) is 3.10. The Hall–Kier alpha value is -2.88. The van der Waals surface area contributed by atoms with E-state index in [1.165, 1.54) is 7.11 Å². The second-order valence-electron chi connectivity index (χ2n) is 10.6. The standard InChI is InChI=1S/C30H46N2O7/c1-8-23-21-12-17(2)13-26(38-7)27(34)19(4)14-20(5)28(39-30(31)36)25(37-6)11-9-10-18(3)29(35)32-22(15-21)16-24(23)33/h10,14-17,19,25-28,33-34H,8-9,11-13H2,1-7H3,(H2,31,36)(H,32,35)/b18-10+,20-14+/t17-,19+,25+,26+,27-,28+/m1/s1. The van der Waals surface area contributed by atoms with Crippen LogP contribution in [0.15, 0.2) is 35.4 Å². The number of rotatable bonds is 4. The van der Waals surface area contributed by atoms with Crippen LogP contribution in [0, 0.1) is 11.8 Å². The summed E-state index contributed by atoms with van der Waals surface area (Å²) in [5.41, 5.74) is 8.88. The van der Waals surface area contributed by atoms with Gasteiger partial charge in [0.2, 0.25) is 0 Å². The number of aromatic hydroxyl groups is 1. The van der Waals surface area contributed by atoms with E-state index >= 15 is 0 Å². The van der Waals surface area contributed by atoms with Crippen molar-refractivity contribution >= 4 is 17.7 Å². The molecule has 0 saturated heterocycles. The molecule has 218 valence electrons. The molecule has 0 aromatic heterocycles. The molecule has 0 unspecified atom stereocenters. The molecule has 1 aliphatic heterocycles. The van der Waals surface area contributed by atoms with Crippen LogP contribution in [0.3, 0.4) is 0 Å². The first-order valence-electron chi connectivity index (χ1n) is 13.6. The molecule has 0 fully saturated rings. The van der Waals surface area contributed by atoms with Gasteiger partial charge in [-0.05, 0) is 74.6 Å². The Morgan fingerprint density at radius 2 is 1.82 bits per heavy atom. The molecular weight excluding hydrogens is 500 g/mol. The van der Waals surface area contributed by atoms with Gasteiger partial charge in [-0.15, -0.1) is 0 Å². The van der Waals surface area contributed by atoms with Crippen molar-refractivity contribution in [3.8, 4) is 5.75 Å². The van der Waals surface area contributed by atoms with Gasteiger partial charge in [-0.1, -0.05) is 32.9 Å². The molecule has 1 aromatic rings. The second-order valence-corrected chi connectivity index (χ2v) is 10.6. The number of methoxy groups -OCH3 is 2. The lowest BCUT2D eigenvalue weighted by molar-refractivity contribution is -0.112. The number of benzene rings is 1. The maximum atomic E-state index is 12.9. The van der Waals surface area contributed by atoms with Gasteiger partial charge in [0.25, 0.3) is 5.91 Å². The largest absolute Gasteiger partial charge is 0.508 e. The smallest absolute Gasteiger partial charge is 0.405 e. The summed E-state index contributed by atoms with van der Waals surface area (Å²) in [6, 6.07) is 3.49. The van der Waals surface area contributed by atoms with Crippen molar-refractivity contribution in [3.63, 3.8) is 0 Å². The third-order valence-corrected chi connectivity index (χ3v) is 7.47. The van der Waals surface area contributed by atoms with Crippen LogP contribution in [0.4, 0.5) is 10.5 Å².